The lowest BCUT2D eigenvalue weighted by Gasteiger charge is -2.27. The van der Waals surface area contributed by atoms with Crippen LogP contribution in [0.1, 0.15) is 183 Å². The molecule has 5 heteroatoms. The summed E-state index contributed by atoms with van der Waals surface area (Å²) in [7, 11) is 0. The van der Waals surface area contributed by atoms with Crippen molar-refractivity contribution in [1.29, 1.82) is 0 Å². The van der Waals surface area contributed by atoms with E-state index in [2.05, 4.69) is 246 Å². The van der Waals surface area contributed by atoms with Crippen LogP contribution in [0.3, 0.4) is 0 Å². The minimum atomic E-state index is 0.667. The molecule has 0 unspecified atom stereocenters. The van der Waals surface area contributed by atoms with Gasteiger partial charge in [0.15, 0.2) is 0 Å². The quantitative estimate of drug-likeness (QED) is 0.0360. The molecule has 0 saturated heterocycles. The monoisotopic (exact) mass is 1230 g/mol. The van der Waals surface area contributed by atoms with Gasteiger partial charge in [-0.1, -0.05) is 200 Å². The Balaban J connectivity index is 0.864. The lowest BCUT2D eigenvalue weighted by molar-refractivity contribution is 0.116. The van der Waals surface area contributed by atoms with Gasteiger partial charge in [-0.3, -0.25) is 0 Å². The topological polar surface area (TPSA) is 24.9 Å². The molecule has 0 aliphatic rings. The maximum Gasteiger partial charge on any atom is 0.0716 e. The fourth-order valence-corrected chi connectivity index (χ4v) is 13.8. The zero-order valence-electron chi connectivity index (χ0n) is 56.0. The molecule has 0 amide bonds. The summed E-state index contributed by atoms with van der Waals surface area (Å²) < 4.78 is 12.0. The Kier molecular flexibility index (Phi) is 26.8. The number of aryl methyl sites for hydroxylation is 6. The Bertz CT molecular complexity index is 3340. The van der Waals surface area contributed by atoms with Gasteiger partial charge in [0.1, 0.15) is 0 Å². The second-order valence-electron chi connectivity index (χ2n) is 25.3. The first-order chi connectivity index (χ1) is 44.6. The van der Waals surface area contributed by atoms with E-state index in [9.17, 15) is 0 Å². The van der Waals surface area contributed by atoms with E-state index in [1.165, 1.54) is 189 Å². The van der Waals surface area contributed by atoms with Crippen LogP contribution in [0, 0.1) is 27.7 Å². The van der Waals surface area contributed by atoms with Crippen molar-refractivity contribution in [1.82, 2.24) is 0 Å². The highest BCUT2D eigenvalue weighted by Crippen LogP contribution is 2.42. The molecule has 8 aromatic carbocycles. The first-order valence-corrected chi connectivity index (χ1v) is 35.3. The lowest BCUT2D eigenvalue weighted by Crippen LogP contribution is -2.11. The van der Waals surface area contributed by atoms with Crippen LogP contribution < -0.4 is 9.80 Å². The number of unbranched alkanes of at least 4 members (excludes halogenated alkanes) is 12. The van der Waals surface area contributed by atoms with Gasteiger partial charge in [0.05, 0.1) is 13.2 Å². The minimum absolute atomic E-state index is 0.667. The van der Waals surface area contributed by atoms with Crippen LogP contribution in [0.2, 0.25) is 0 Å². The molecular formula is C86H102N2O2S. The fraction of sp³-hybridized carbons (Fsp3) is 0.349. The van der Waals surface area contributed by atoms with E-state index >= 15 is 0 Å². The molecule has 1 heterocycles. The predicted molar refractivity (Wildman–Crippen MR) is 396 cm³/mol. The summed E-state index contributed by atoms with van der Waals surface area (Å²) in [4.78, 5) is 7.45. The highest BCUT2D eigenvalue weighted by Gasteiger charge is 2.19. The molecule has 0 fully saturated rings. The Morgan fingerprint density at radius 3 is 0.978 bits per heavy atom. The Morgan fingerprint density at radius 2 is 0.637 bits per heavy atom. The third-order valence-electron chi connectivity index (χ3n) is 18.2. The van der Waals surface area contributed by atoms with Crippen molar-refractivity contribution >= 4 is 57.6 Å². The fourth-order valence-electron chi connectivity index (χ4n) is 12.8. The van der Waals surface area contributed by atoms with Gasteiger partial charge in [-0.2, -0.15) is 0 Å². The summed E-state index contributed by atoms with van der Waals surface area (Å²) in [5, 5.41) is 0. The number of hydrogen-bond donors (Lipinski definition) is 0. The molecule has 9 aromatic rings. The maximum atomic E-state index is 6.00. The molecule has 91 heavy (non-hydrogen) atoms. The van der Waals surface area contributed by atoms with E-state index in [0.717, 1.165) is 74.2 Å². The number of benzene rings is 8. The minimum Gasteiger partial charge on any atom is -0.377 e. The first-order valence-electron chi connectivity index (χ1n) is 34.5. The van der Waals surface area contributed by atoms with Crippen molar-refractivity contribution in [3.05, 3.63) is 262 Å². The van der Waals surface area contributed by atoms with E-state index in [-0.39, 0.29) is 0 Å². The number of nitrogens with zero attached hydrogens (tertiary/aromatic N) is 2. The summed E-state index contributed by atoms with van der Waals surface area (Å²) >= 11 is 1.87. The van der Waals surface area contributed by atoms with Gasteiger partial charge in [0, 0.05) is 57.1 Å². The molecule has 0 aliphatic heterocycles. The average Bonchev–Trinajstić information content (AvgIpc) is 1.94. The lowest BCUT2D eigenvalue weighted by atomic mass is 9.95. The molecule has 474 valence electrons. The van der Waals surface area contributed by atoms with Crippen molar-refractivity contribution in [2.75, 3.05) is 23.0 Å². The molecule has 0 spiro atoms. The number of ether oxygens (including phenoxy) is 2. The van der Waals surface area contributed by atoms with Gasteiger partial charge in [-0.25, -0.2) is 0 Å². The first kappa shape index (κ1) is 67.8. The highest BCUT2D eigenvalue weighted by molar-refractivity contribution is 7.18. The SMILES string of the molecule is C=Cc1ccc(COCCCCCCc2ccc(N(c3ccc(-c4ccc(-c5ccc(N(c6ccc(CCCCCCOCc7ccc(C=C)cc7)cc6)c6cc(C)c(CCCCCC)c(C)c6)cc5)s4)cc3)c3cc(C)c(CCCCCC)c(C)c3)cc2)cc1. The molecule has 4 nitrogen and oxygen atoms in total. The summed E-state index contributed by atoms with van der Waals surface area (Å²) in [6.07, 6.45) is 27.7. The molecule has 0 N–H and O–H groups in total. The van der Waals surface area contributed by atoms with Crippen molar-refractivity contribution in [3.63, 3.8) is 0 Å². The van der Waals surface area contributed by atoms with Gasteiger partial charge in [-0.15, -0.1) is 11.3 Å². The molecular weight excluding hydrogens is 1130 g/mol. The second kappa shape index (κ2) is 35.9. The van der Waals surface area contributed by atoms with Crippen LogP contribution in [0.5, 0.6) is 0 Å². The van der Waals surface area contributed by atoms with E-state index < -0.39 is 0 Å². The summed E-state index contributed by atoms with van der Waals surface area (Å²) in [6, 6.07) is 68.4. The van der Waals surface area contributed by atoms with Gasteiger partial charge in [0.2, 0.25) is 0 Å². The summed E-state index contributed by atoms with van der Waals surface area (Å²) in [5.41, 5.74) is 25.6. The smallest absolute Gasteiger partial charge is 0.0716 e. The van der Waals surface area contributed by atoms with E-state index in [1.807, 2.05) is 23.5 Å². The Labute approximate surface area is 552 Å². The van der Waals surface area contributed by atoms with E-state index in [4.69, 9.17) is 9.47 Å². The number of rotatable bonds is 38. The number of thiophene rings is 1. The Morgan fingerprint density at radius 1 is 0.330 bits per heavy atom. The van der Waals surface area contributed by atoms with E-state index in [1.54, 1.807) is 0 Å². The van der Waals surface area contributed by atoms with Gasteiger partial charge < -0.3 is 19.3 Å². The zero-order valence-corrected chi connectivity index (χ0v) is 56.8. The van der Waals surface area contributed by atoms with Crippen LogP contribution in [-0.4, -0.2) is 13.2 Å². The molecule has 0 atom stereocenters. The normalized spacial score (nSPS) is 11.3. The van der Waals surface area contributed by atoms with Gasteiger partial charge >= 0.3 is 0 Å². The number of hydrogen-bond acceptors (Lipinski definition) is 5. The van der Waals surface area contributed by atoms with Crippen LogP contribution >= 0.6 is 11.3 Å². The molecule has 0 aliphatic carbocycles. The van der Waals surface area contributed by atoms with Gasteiger partial charge in [-0.05, 0) is 255 Å². The van der Waals surface area contributed by atoms with Crippen LogP contribution in [0.15, 0.2) is 195 Å². The largest absolute Gasteiger partial charge is 0.377 e. The Hall–Kier alpha value is -7.54. The highest BCUT2D eigenvalue weighted by atomic mass is 32.1. The molecule has 9 rings (SSSR count). The van der Waals surface area contributed by atoms with Crippen LogP contribution in [-0.2, 0) is 48.4 Å². The maximum absolute atomic E-state index is 6.00. The van der Waals surface area contributed by atoms with Gasteiger partial charge in [0.25, 0.3) is 0 Å². The van der Waals surface area contributed by atoms with Crippen molar-refractivity contribution in [2.24, 2.45) is 0 Å². The molecule has 0 radical (unpaired) electrons. The van der Waals surface area contributed by atoms with E-state index in [0.29, 0.717) is 13.2 Å². The molecule has 1 aromatic heterocycles. The zero-order chi connectivity index (χ0) is 63.6. The molecule has 0 saturated carbocycles. The predicted octanol–water partition coefficient (Wildman–Crippen LogP) is 25.4. The van der Waals surface area contributed by atoms with Crippen LogP contribution in [0.4, 0.5) is 34.1 Å². The third kappa shape index (κ3) is 20.0. The molecule has 0 bridgehead atoms. The standard InChI is InChI=1S/C86H102N2O2S/c1-9-13-15-23-29-83-65(5)59-81(60-66(83)6)87(77-47-39-71(40-48-77)27-21-17-19-25-57-89-63-73-35-31-69(11-3)32-36-73)79-51-43-75(44-52-79)85-55-56-86(91-85)76-45-53-80(54-46-76)88(82-61-67(7)84(68(8)62-82)30-24-16-14-10-2)78-49-41-72(42-50-78)28-22-18-20-26-58-90-64-74-37-33-70(12-4)34-38-74/h11-12,31-56,59-62H,3-4,9-10,13-30,57-58,63-64H2,1-2,5-8H3. The van der Waals surface area contributed by atoms with Crippen molar-refractivity contribution in [3.8, 4) is 20.9 Å². The summed E-state index contributed by atoms with van der Waals surface area (Å²) in [6.45, 7) is 24.5. The second-order valence-corrected chi connectivity index (χ2v) is 26.4. The average molecular weight is 1230 g/mol. The van der Waals surface area contributed by atoms with Crippen LogP contribution in [0.25, 0.3) is 33.0 Å². The number of anilines is 6. The third-order valence-corrected chi connectivity index (χ3v) is 19.4. The van der Waals surface area contributed by atoms with Crippen molar-refractivity contribution < 1.29 is 9.47 Å². The van der Waals surface area contributed by atoms with Crippen molar-refractivity contribution in [2.45, 2.75) is 183 Å². The summed E-state index contributed by atoms with van der Waals surface area (Å²) in [5.74, 6) is 0.